The maximum absolute atomic E-state index is 4.32. The van der Waals surface area contributed by atoms with E-state index >= 15 is 0 Å². The minimum absolute atomic E-state index is 0.842. The van der Waals surface area contributed by atoms with E-state index in [1.54, 1.807) is 0 Å². The van der Waals surface area contributed by atoms with Crippen molar-refractivity contribution in [3.05, 3.63) is 29.1 Å². The second-order valence-corrected chi connectivity index (χ2v) is 3.65. The molecule has 0 aliphatic heterocycles. The first-order valence-corrected chi connectivity index (χ1v) is 7.18. The van der Waals surface area contributed by atoms with Crippen LogP contribution in [0.1, 0.15) is 58.8 Å². The lowest BCUT2D eigenvalue weighted by Gasteiger charge is -1.92. The van der Waals surface area contributed by atoms with Crippen molar-refractivity contribution in [2.75, 3.05) is 0 Å². The Balaban J connectivity index is 0. The van der Waals surface area contributed by atoms with Gasteiger partial charge in [-0.2, -0.15) is 4.37 Å². The molecule has 0 atom stereocenters. The Morgan fingerprint density at radius 1 is 1.24 bits per heavy atom. The Morgan fingerprint density at radius 3 is 2.18 bits per heavy atom. The van der Waals surface area contributed by atoms with Gasteiger partial charge in [-0.15, -0.1) is 0 Å². The van der Waals surface area contributed by atoms with E-state index in [0.717, 1.165) is 22.8 Å². The zero-order chi connectivity index (χ0) is 13.7. The SMILES string of the molecule is C/C=C(\C=C/CC)c1nsc(C)n1.CC.CC. The van der Waals surface area contributed by atoms with E-state index in [9.17, 15) is 0 Å². The lowest BCUT2D eigenvalue weighted by molar-refractivity contribution is 1.19. The van der Waals surface area contributed by atoms with Gasteiger partial charge < -0.3 is 0 Å². The van der Waals surface area contributed by atoms with Crippen molar-refractivity contribution < 1.29 is 0 Å². The van der Waals surface area contributed by atoms with E-state index in [4.69, 9.17) is 0 Å². The molecular formula is C14H26N2S. The van der Waals surface area contributed by atoms with Crippen molar-refractivity contribution in [2.24, 2.45) is 0 Å². The summed E-state index contributed by atoms with van der Waals surface area (Å²) >= 11 is 1.45. The highest BCUT2D eigenvalue weighted by Crippen LogP contribution is 2.14. The molecular weight excluding hydrogens is 228 g/mol. The molecule has 0 amide bonds. The predicted octanol–water partition coefficient (Wildman–Crippen LogP) is 5.27. The van der Waals surface area contributed by atoms with Crippen LogP contribution in [0.3, 0.4) is 0 Å². The van der Waals surface area contributed by atoms with E-state index in [0.29, 0.717) is 0 Å². The third-order valence-corrected chi connectivity index (χ3v) is 2.25. The number of hydrogen-bond acceptors (Lipinski definition) is 3. The molecule has 0 spiro atoms. The largest absolute Gasteiger partial charge is 0.220 e. The first kappa shape index (κ1) is 18.4. The summed E-state index contributed by atoms with van der Waals surface area (Å²) in [5.41, 5.74) is 1.10. The summed E-state index contributed by atoms with van der Waals surface area (Å²) in [5.74, 6) is 0.842. The van der Waals surface area contributed by atoms with Crippen LogP contribution in [0.15, 0.2) is 18.2 Å². The maximum Gasteiger partial charge on any atom is 0.172 e. The van der Waals surface area contributed by atoms with E-state index in [-0.39, 0.29) is 0 Å². The molecule has 98 valence electrons. The zero-order valence-corrected chi connectivity index (χ0v) is 13.1. The predicted molar refractivity (Wildman–Crippen MR) is 80.4 cm³/mol. The smallest absolute Gasteiger partial charge is 0.172 e. The minimum atomic E-state index is 0.842. The van der Waals surface area contributed by atoms with Crippen LogP contribution in [0, 0.1) is 6.92 Å². The highest BCUT2D eigenvalue weighted by Gasteiger charge is 2.02. The van der Waals surface area contributed by atoms with Gasteiger partial charge in [-0.25, -0.2) is 4.98 Å². The number of allylic oxidation sites excluding steroid dienone is 4. The van der Waals surface area contributed by atoms with Gasteiger partial charge >= 0.3 is 0 Å². The molecule has 0 N–H and O–H groups in total. The monoisotopic (exact) mass is 254 g/mol. The van der Waals surface area contributed by atoms with Gasteiger partial charge in [-0.3, -0.25) is 0 Å². The van der Waals surface area contributed by atoms with Gasteiger partial charge in [0.05, 0.1) is 0 Å². The lowest BCUT2D eigenvalue weighted by atomic mass is 10.2. The first-order valence-electron chi connectivity index (χ1n) is 6.41. The van der Waals surface area contributed by atoms with Crippen LogP contribution in [0.5, 0.6) is 0 Å². The highest BCUT2D eigenvalue weighted by atomic mass is 32.1. The van der Waals surface area contributed by atoms with Crippen molar-refractivity contribution in [1.29, 1.82) is 0 Å². The summed E-state index contributed by atoms with van der Waals surface area (Å²) in [6.07, 6.45) is 7.27. The van der Waals surface area contributed by atoms with E-state index < -0.39 is 0 Å². The summed E-state index contributed by atoms with van der Waals surface area (Å²) in [7, 11) is 0. The van der Waals surface area contributed by atoms with Crippen LogP contribution < -0.4 is 0 Å². The third kappa shape index (κ3) is 7.86. The standard InChI is InChI=1S/C10H14N2S.2C2H6/c1-4-6-7-9(5-2)10-11-8(3)13-12-10;2*1-2/h5-7H,4H2,1-3H3;2*1-2H3/b7-6-,9-5+;;. The molecule has 1 aromatic rings. The fourth-order valence-corrected chi connectivity index (χ4v) is 1.45. The molecule has 0 radical (unpaired) electrons. The Kier molecular flexibility index (Phi) is 14.2. The van der Waals surface area contributed by atoms with Crippen LogP contribution >= 0.6 is 11.5 Å². The van der Waals surface area contributed by atoms with E-state index in [1.807, 2.05) is 47.6 Å². The van der Waals surface area contributed by atoms with Crippen LogP contribution in [-0.2, 0) is 0 Å². The molecule has 1 heterocycles. The molecule has 3 heteroatoms. The topological polar surface area (TPSA) is 25.8 Å². The average Bonchev–Trinajstić information content (AvgIpc) is 2.82. The van der Waals surface area contributed by atoms with Gasteiger partial charge in [0.15, 0.2) is 5.82 Å². The Labute approximate surface area is 111 Å². The van der Waals surface area contributed by atoms with Gasteiger partial charge in [0.1, 0.15) is 5.01 Å². The Hall–Kier alpha value is -0.960. The lowest BCUT2D eigenvalue weighted by Crippen LogP contribution is -1.83. The summed E-state index contributed by atoms with van der Waals surface area (Å²) in [6.45, 7) is 14.1. The number of rotatable bonds is 3. The van der Waals surface area contributed by atoms with Crippen LogP contribution in [-0.4, -0.2) is 9.36 Å². The van der Waals surface area contributed by atoms with Crippen LogP contribution in [0.4, 0.5) is 0 Å². The number of nitrogens with zero attached hydrogens (tertiary/aromatic N) is 2. The molecule has 0 aromatic carbocycles. The summed E-state index contributed by atoms with van der Waals surface area (Å²) in [6, 6.07) is 0. The molecule has 2 nitrogen and oxygen atoms in total. The van der Waals surface area contributed by atoms with Gasteiger partial charge in [-0.1, -0.05) is 52.8 Å². The molecule has 0 saturated carbocycles. The van der Waals surface area contributed by atoms with E-state index in [1.165, 1.54) is 11.5 Å². The van der Waals surface area contributed by atoms with Crippen molar-refractivity contribution >= 4 is 17.1 Å². The Morgan fingerprint density at radius 2 is 1.82 bits per heavy atom. The molecule has 0 unspecified atom stereocenters. The fraction of sp³-hybridized carbons (Fsp3) is 0.571. The van der Waals surface area contributed by atoms with Crippen molar-refractivity contribution in [3.63, 3.8) is 0 Å². The summed E-state index contributed by atoms with van der Waals surface area (Å²) in [4.78, 5) is 4.32. The molecule has 1 rings (SSSR count). The summed E-state index contributed by atoms with van der Waals surface area (Å²) < 4.78 is 4.25. The second-order valence-electron chi connectivity index (χ2n) is 2.69. The molecule has 0 aliphatic carbocycles. The van der Waals surface area contributed by atoms with Crippen LogP contribution in [0.25, 0.3) is 5.57 Å². The van der Waals surface area contributed by atoms with Gasteiger partial charge in [0.25, 0.3) is 0 Å². The average molecular weight is 254 g/mol. The number of hydrogen-bond donors (Lipinski definition) is 0. The number of aromatic nitrogens is 2. The molecule has 0 fully saturated rings. The van der Waals surface area contributed by atoms with Gasteiger partial charge in [0.2, 0.25) is 0 Å². The van der Waals surface area contributed by atoms with Crippen molar-refractivity contribution in [1.82, 2.24) is 9.36 Å². The Bertz CT molecular complexity index is 325. The fourth-order valence-electron chi connectivity index (χ4n) is 0.961. The van der Waals surface area contributed by atoms with Gasteiger partial charge in [-0.05, 0) is 31.8 Å². The molecule has 1 aromatic heterocycles. The van der Waals surface area contributed by atoms with Gasteiger partial charge in [0, 0.05) is 5.57 Å². The normalized spacial score (nSPS) is 10.4. The van der Waals surface area contributed by atoms with Crippen molar-refractivity contribution in [3.8, 4) is 0 Å². The summed E-state index contributed by atoms with van der Waals surface area (Å²) in [5, 5.41) is 1.01. The molecule has 0 saturated heterocycles. The molecule has 0 aliphatic rings. The second kappa shape index (κ2) is 13.1. The van der Waals surface area contributed by atoms with Crippen molar-refractivity contribution in [2.45, 2.75) is 54.9 Å². The number of aryl methyl sites for hydroxylation is 1. The first-order chi connectivity index (χ1) is 8.27. The molecule has 17 heavy (non-hydrogen) atoms. The quantitative estimate of drug-likeness (QED) is 0.687. The third-order valence-electron chi connectivity index (χ3n) is 1.63. The minimum Gasteiger partial charge on any atom is -0.220 e. The van der Waals surface area contributed by atoms with E-state index in [2.05, 4.69) is 28.4 Å². The maximum atomic E-state index is 4.32. The van der Waals surface area contributed by atoms with Crippen LogP contribution in [0.2, 0.25) is 0 Å². The highest BCUT2D eigenvalue weighted by molar-refractivity contribution is 7.05. The molecule has 0 bridgehead atoms. The zero-order valence-electron chi connectivity index (χ0n) is 12.2.